The van der Waals surface area contributed by atoms with E-state index in [2.05, 4.69) is 5.16 Å². The summed E-state index contributed by atoms with van der Waals surface area (Å²) in [6.07, 6.45) is 0.596. The van der Waals surface area contributed by atoms with Crippen LogP contribution in [-0.2, 0) is 6.42 Å². The predicted octanol–water partition coefficient (Wildman–Crippen LogP) is 2.16. The van der Waals surface area contributed by atoms with Crippen LogP contribution in [0.4, 0.5) is 4.39 Å². The van der Waals surface area contributed by atoms with Gasteiger partial charge < -0.3 is 10.9 Å². The maximum Gasteiger partial charge on any atom is 0.139 e. The molecule has 3 N–H and O–H groups in total. The summed E-state index contributed by atoms with van der Waals surface area (Å²) in [5.41, 5.74) is 5.65. The molecule has 1 aromatic rings. The second-order valence-corrected chi connectivity index (χ2v) is 3.20. The molecular weight excluding hydrogens is 207 g/mol. The van der Waals surface area contributed by atoms with Crippen LogP contribution in [0.15, 0.2) is 23.4 Å². The fourth-order valence-electron chi connectivity index (χ4n) is 1.07. The molecule has 3 nitrogen and oxygen atoms in total. The smallest absolute Gasteiger partial charge is 0.139 e. The molecule has 0 amide bonds. The number of rotatable bonds is 3. The molecule has 0 saturated carbocycles. The molecule has 0 unspecified atom stereocenters. The molecule has 14 heavy (non-hydrogen) atoms. The van der Waals surface area contributed by atoms with Crippen LogP contribution in [0.1, 0.15) is 12.0 Å². The summed E-state index contributed by atoms with van der Waals surface area (Å²) in [4.78, 5) is 0. The van der Waals surface area contributed by atoms with Gasteiger partial charge in [-0.2, -0.15) is 0 Å². The molecule has 0 aromatic heterocycles. The number of oxime groups is 1. The van der Waals surface area contributed by atoms with Crippen molar-refractivity contribution in [1.82, 2.24) is 0 Å². The second kappa shape index (κ2) is 4.81. The van der Waals surface area contributed by atoms with E-state index in [9.17, 15) is 4.39 Å². The molecule has 5 heteroatoms. The summed E-state index contributed by atoms with van der Waals surface area (Å²) in [7, 11) is 0. The monoisotopic (exact) mass is 216 g/mol. The number of benzene rings is 1. The van der Waals surface area contributed by atoms with Gasteiger partial charge in [-0.25, -0.2) is 4.39 Å². The topological polar surface area (TPSA) is 58.6 Å². The normalized spacial score (nSPS) is 11.7. The van der Waals surface area contributed by atoms with Gasteiger partial charge in [0.1, 0.15) is 11.7 Å². The van der Waals surface area contributed by atoms with Gasteiger partial charge in [-0.1, -0.05) is 22.8 Å². The first-order chi connectivity index (χ1) is 6.65. The minimum absolute atomic E-state index is 0.0596. The minimum Gasteiger partial charge on any atom is -0.409 e. The average Bonchev–Trinajstić information content (AvgIpc) is 2.16. The molecule has 0 radical (unpaired) electrons. The molecule has 1 aromatic carbocycles. The maximum absolute atomic E-state index is 13.2. The van der Waals surface area contributed by atoms with Crippen LogP contribution >= 0.6 is 11.6 Å². The number of hydrogen-bond acceptors (Lipinski definition) is 2. The van der Waals surface area contributed by atoms with Crippen molar-refractivity contribution in [2.75, 3.05) is 0 Å². The van der Waals surface area contributed by atoms with E-state index < -0.39 is 0 Å². The molecule has 0 saturated heterocycles. The SMILES string of the molecule is N/C(CCc1c(F)cccc1Cl)=N\O. The summed E-state index contributed by atoms with van der Waals surface area (Å²) < 4.78 is 13.2. The average molecular weight is 217 g/mol. The number of halogens is 2. The number of amidine groups is 1. The molecule has 0 aliphatic heterocycles. The first kappa shape index (κ1) is 10.8. The molecule has 0 aliphatic rings. The van der Waals surface area contributed by atoms with Gasteiger partial charge in [0.25, 0.3) is 0 Å². The highest BCUT2D eigenvalue weighted by atomic mass is 35.5. The van der Waals surface area contributed by atoms with Crippen LogP contribution in [0.5, 0.6) is 0 Å². The molecule has 0 fully saturated rings. The van der Waals surface area contributed by atoms with Crippen LogP contribution < -0.4 is 5.73 Å². The highest BCUT2D eigenvalue weighted by molar-refractivity contribution is 6.31. The number of hydrogen-bond donors (Lipinski definition) is 2. The molecule has 0 heterocycles. The number of nitrogens with zero attached hydrogens (tertiary/aromatic N) is 1. The Balaban J connectivity index is 2.76. The lowest BCUT2D eigenvalue weighted by molar-refractivity contribution is 0.317. The van der Waals surface area contributed by atoms with Crippen molar-refractivity contribution >= 4 is 17.4 Å². The summed E-state index contributed by atoms with van der Waals surface area (Å²) >= 11 is 5.77. The van der Waals surface area contributed by atoms with Gasteiger partial charge in [-0.05, 0) is 18.6 Å². The largest absolute Gasteiger partial charge is 0.409 e. The Bertz CT molecular complexity index is 334. The van der Waals surface area contributed by atoms with Crippen molar-refractivity contribution in [1.29, 1.82) is 0 Å². The lowest BCUT2D eigenvalue weighted by atomic mass is 10.1. The lowest BCUT2D eigenvalue weighted by Crippen LogP contribution is -2.12. The molecule has 0 aliphatic carbocycles. The predicted molar refractivity (Wildman–Crippen MR) is 53.1 cm³/mol. The minimum atomic E-state index is -0.372. The summed E-state index contributed by atoms with van der Waals surface area (Å²) in [6, 6.07) is 4.46. The van der Waals surface area contributed by atoms with Gasteiger partial charge in [-0.3, -0.25) is 0 Å². The number of nitrogens with two attached hydrogens (primary N) is 1. The van der Waals surface area contributed by atoms with Crippen LogP contribution in [0, 0.1) is 5.82 Å². The Kier molecular flexibility index (Phi) is 3.71. The Morgan fingerprint density at radius 2 is 2.29 bits per heavy atom. The Morgan fingerprint density at radius 3 is 2.86 bits per heavy atom. The van der Waals surface area contributed by atoms with Gasteiger partial charge in [0.15, 0.2) is 0 Å². The van der Waals surface area contributed by atoms with Gasteiger partial charge in [0.2, 0.25) is 0 Å². The Labute approximate surface area is 86.0 Å². The van der Waals surface area contributed by atoms with E-state index in [1.165, 1.54) is 12.1 Å². The summed E-state index contributed by atoms with van der Waals surface area (Å²) in [5.74, 6) is -0.312. The molecule has 0 atom stereocenters. The van der Waals surface area contributed by atoms with Gasteiger partial charge >= 0.3 is 0 Å². The zero-order valence-electron chi connectivity index (χ0n) is 7.37. The Hall–Kier alpha value is -1.29. The van der Waals surface area contributed by atoms with E-state index in [0.717, 1.165) is 0 Å². The quantitative estimate of drug-likeness (QED) is 0.352. The molecule has 0 bridgehead atoms. The van der Waals surface area contributed by atoms with Crippen molar-refractivity contribution in [3.8, 4) is 0 Å². The van der Waals surface area contributed by atoms with E-state index in [0.29, 0.717) is 17.0 Å². The fraction of sp³-hybridized carbons (Fsp3) is 0.222. The summed E-state index contributed by atoms with van der Waals surface area (Å²) in [6.45, 7) is 0. The molecular formula is C9H10ClFN2O. The van der Waals surface area contributed by atoms with Crippen molar-refractivity contribution in [2.24, 2.45) is 10.9 Å². The van der Waals surface area contributed by atoms with E-state index in [4.69, 9.17) is 22.5 Å². The Morgan fingerprint density at radius 1 is 1.57 bits per heavy atom. The third-order valence-corrected chi connectivity index (χ3v) is 2.18. The summed E-state index contributed by atoms with van der Waals surface area (Å²) in [5, 5.41) is 11.4. The third kappa shape index (κ3) is 2.60. The van der Waals surface area contributed by atoms with Crippen LogP contribution in [0.25, 0.3) is 0 Å². The van der Waals surface area contributed by atoms with E-state index in [1.54, 1.807) is 6.07 Å². The maximum atomic E-state index is 13.2. The second-order valence-electron chi connectivity index (χ2n) is 2.79. The van der Waals surface area contributed by atoms with Crippen molar-refractivity contribution in [2.45, 2.75) is 12.8 Å². The molecule has 0 spiro atoms. The van der Waals surface area contributed by atoms with Gasteiger partial charge in [-0.15, -0.1) is 0 Å². The van der Waals surface area contributed by atoms with Gasteiger partial charge in [0.05, 0.1) is 0 Å². The third-order valence-electron chi connectivity index (χ3n) is 1.82. The van der Waals surface area contributed by atoms with Crippen LogP contribution in [-0.4, -0.2) is 11.0 Å². The fourth-order valence-corrected chi connectivity index (χ4v) is 1.33. The van der Waals surface area contributed by atoms with E-state index in [-0.39, 0.29) is 18.1 Å². The lowest BCUT2D eigenvalue weighted by Gasteiger charge is -2.04. The first-order valence-electron chi connectivity index (χ1n) is 4.04. The van der Waals surface area contributed by atoms with E-state index >= 15 is 0 Å². The first-order valence-corrected chi connectivity index (χ1v) is 4.42. The molecule has 76 valence electrons. The van der Waals surface area contributed by atoms with Crippen molar-refractivity contribution in [3.63, 3.8) is 0 Å². The molecule has 1 rings (SSSR count). The van der Waals surface area contributed by atoms with Crippen LogP contribution in [0.3, 0.4) is 0 Å². The van der Waals surface area contributed by atoms with E-state index in [1.807, 2.05) is 0 Å². The highest BCUT2D eigenvalue weighted by Gasteiger charge is 2.07. The van der Waals surface area contributed by atoms with Crippen molar-refractivity contribution < 1.29 is 9.60 Å². The van der Waals surface area contributed by atoms with Crippen molar-refractivity contribution in [3.05, 3.63) is 34.6 Å². The van der Waals surface area contributed by atoms with Gasteiger partial charge in [0, 0.05) is 17.0 Å². The zero-order valence-corrected chi connectivity index (χ0v) is 8.13. The van der Waals surface area contributed by atoms with Crippen LogP contribution in [0.2, 0.25) is 5.02 Å². The standard InChI is InChI=1S/C9H10ClFN2O/c10-7-2-1-3-8(11)6(7)4-5-9(12)13-14/h1-3,14H,4-5H2,(H2,12,13). The highest BCUT2D eigenvalue weighted by Crippen LogP contribution is 2.20. The zero-order chi connectivity index (χ0) is 10.6.